The molecule has 0 bridgehead atoms. The van der Waals surface area contributed by atoms with E-state index in [1.807, 2.05) is 10.7 Å². The van der Waals surface area contributed by atoms with Crippen LogP contribution in [0.4, 0.5) is 0 Å². The number of hydrogen-bond acceptors (Lipinski definition) is 4. The first kappa shape index (κ1) is 10.1. The summed E-state index contributed by atoms with van der Waals surface area (Å²) in [5, 5.41) is 4.75. The monoisotopic (exact) mass is 232 g/mol. The number of hydrogen-bond donors (Lipinski definition) is 0. The van der Waals surface area contributed by atoms with E-state index >= 15 is 0 Å². The quantitative estimate of drug-likeness (QED) is 0.788. The van der Waals surface area contributed by atoms with Crippen molar-refractivity contribution in [1.82, 2.24) is 9.78 Å². The Morgan fingerprint density at radius 3 is 2.88 bits per heavy atom. The molecular formula is C12H12N2O3. The van der Waals surface area contributed by atoms with Gasteiger partial charge in [0.2, 0.25) is 12.2 Å². The summed E-state index contributed by atoms with van der Waals surface area (Å²) in [6.45, 7) is 3.05. The van der Waals surface area contributed by atoms with Gasteiger partial charge >= 0.3 is 0 Å². The minimum absolute atomic E-state index is 0.0920. The molecular weight excluding hydrogens is 220 g/mol. The van der Waals surface area contributed by atoms with Crippen LogP contribution in [0.25, 0.3) is 10.9 Å². The van der Waals surface area contributed by atoms with Crippen molar-refractivity contribution in [2.45, 2.75) is 19.9 Å². The smallest absolute Gasteiger partial charge is 0.231 e. The van der Waals surface area contributed by atoms with Crippen LogP contribution in [-0.2, 0) is 6.54 Å². The van der Waals surface area contributed by atoms with E-state index in [1.54, 1.807) is 6.07 Å². The van der Waals surface area contributed by atoms with Gasteiger partial charge in [0, 0.05) is 12.6 Å². The van der Waals surface area contributed by atoms with Gasteiger partial charge in [0.25, 0.3) is 0 Å². The van der Waals surface area contributed by atoms with Crippen LogP contribution in [0, 0.1) is 0 Å². The molecule has 3 rings (SSSR count). The summed E-state index contributed by atoms with van der Waals surface area (Å²) in [7, 11) is 0. The van der Waals surface area contributed by atoms with Gasteiger partial charge in [-0.2, -0.15) is 5.10 Å². The highest BCUT2D eigenvalue weighted by atomic mass is 16.7. The van der Waals surface area contributed by atoms with E-state index in [4.69, 9.17) is 9.47 Å². The summed E-state index contributed by atoms with van der Waals surface area (Å²) < 4.78 is 12.4. The van der Waals surface area contributed by atoms with E-state index in [-0.39, 0.29) is 12.2 Å². The number of fused-ring (bicyclic) bond motifs is 2. The maximum absolute atomic E-state index is 11.8. The number of aromatic nitrogens is 2. The highest BCUT2D eigenvalue weighted by Gasteiger charge is 2.16. The summed E-state index contributed by atoms with van der Waals surface area (Å²) in [6, 6.07) is 3.55. The Balaban J connectivity index is 2.32. The molecule has 0 fully saturated rings. The minimum Gasteiger partial charge on any atom is -0.454 e. The van der Waals surface area contributed by atoms with Crippen molar-refractivity contribution in [2.75, 3.05) is 6.79 Å². The Bertz CT molecular complexity index is 633. The molecule has 0 saturated heterocycles. The van der Waals surface area contributed by atoms with Crippen LogP contribution >= 0.6 is 0 Å². The number of nitrogens with zero attached hydrogens (tertiary/aromatic N) is 2. The molecule has 1 aromatic heterocycles. The molecule has 5 heteroatoms. The highest BCUT2D eigenvalue weighted by molar-refractivity contribution is 5.82. The van der Waals surface area contributed by atoms with Gasteiger partial charge in [0.05, 0.1) is 17.1 Å². The third kappa shape index (κ3) is 1.54. The minimum atomic E-state index is -0.0920. The third-order valence-electron chi connectivity index (χ3n) is 2.78. The van der Waals surface area contributed by atoms with Crippen molar-refractivity contribution >= 4 is 10.9 Å². The SMILES string of the molecule is CCCn1ncc(=O)c2cc3c(cc21)OCO3. The maximum Gasteiger partial charge on any atom is 0.231 e. The van der Waals surface area contributed by atoms with Crippen LogP contribution < -0.4 is 14.9 Å². The van der Waals surface area contributed by atoms with Gasteiger partial charge in [-0.1, -0.05) is 6.92 Å². The first-order valence-corrected chi connectivity index (χ1v) is 5.59. The van der Waals surface area contributed by atoms with Crippen LogP contribution in [0.5, 0.6) is 11.5 Å². The fourth-order valence-corrected chi connectivity index (χ4v) is 1.99. The van der Waals surface area contributed by atoms with Gasteiger partial charge in [-0.3, -0.25) is 9.48 Å². The lowest BCUT2D eigenvalue weighted by Gasteiger charge is -2.08. The van der Waals surface area contributed by atoms with Crippen LogP contribution in [-0.4, -0.2) is 16.6 Å². The van der Waals surface area contributed by atoms with Crippen LogP contribution in [0.15, 0.2) is 23.1 Å². The second-order valence-electron chi connectivity index (χ2n) is 3.95. The van der Waals surface area contributed by atoms with Gasteiger partial charge in [0.1, 0.15) is 0 Å². The van der Waals surface area contributed by atoms with E-state index in [2.05, 4.69) is 12.0 Å². The predicted molar refractivity (Wildman–Crippen MR) is 62.4 cm³/mol. The maximum atomic E-state index is 11.8. The second kappa shape index (κ2) is 3.76. The molecule has 1 aromatic carbocycles. The van der Waals surface area contributed by atoms with Crippen LogP contribution in [0.3, 0.4) is 0 Å². The lowest BCUT2D eigenvalue weighted by Crippen LogP contribution is -2.12. The Morgan fingerprint density at radius 2 is 2.12 bits per heavy atom. The first-order valence-electron chi connectivity index (χ1n) is 5.59. The topological polar surface area (TPSA) is 53.4 Å². The molecule has 5 nitrogen and oxygen atoms in total. The molecule has 0 unspecified atom stereocenters. The molecule has 0 radical (unpaired) electrons. The van der Waals surface area contributed by atoms with E-state index in [0.29, 0.717) is 16.9 Å². The van der Waals surface area contributed by atoms with E-state index < -0.39 is 0 Å². The number of aryl methyl sites for hydroxylation is 1. The van der Waals surface area contributed by atoms with Gasteiger partial charge in [0.15, 0.2) is 11.5 Å². The van der Waals surface area contributed by atoms with Crippen molar-refractivity contribution in [3.05, 3.63) is 28.6 Å². The summed E-state index contributed by atoms with van der Waals surface area (Å²) in [6.07, 6.45) is 2.31. The molecule has 1 aliphatic heterocycles. The molecule has 0 spiro atoms. The summed E-state index contributed by atoms with van der Waals surface area (Å²) in [5.74, 6) is 1.30. The first-order chi connectivity index (χ1) is 8.29. The van der Waals surface area contributed by atoms with Crippen molar-refractivity contribution < 1.29 is 9.47 Å². The summed E-state index contributed by atoms with van der Waals surface area (Å²) >= 11 is 0. The summed E-state index contributed by atoms with van der Waals surface area (Å²) in [4.78, 5) is 11.8. The van der Waals surface area contributed by atoms with E-state index in [0.717, 1.165) is 18.5 Å². The number of benzene rings is 1. The normalized spacial score (nSPS) is 13.2. The van der Waals surface area contributed by atoms with Gasteiger partial charge in [-0.05, 0) is 12.5 Å². The van der Waals surface area contributed by atoms with Crippen molar-refractivity contribution in [3.8, 4) is 11.5 Å². The number of ether oxygens (including phenoxy) is 2. The molecule has 88 valence electrons. The van der Waals surface area contributed by atoms with Crippen molar-refractivity contribution in [1.29, 1.82) is 0 Å². The highest BCUT2D eigenvalue weighted by Crippen LogP contribution is 2.34. The largest absolute Gasteiger partial charge is 0.454 e. The Kier molecular flexibility index (Phi) is 2.24. The predicted octanol–water partition coefficient (Wildman–Crippen LogP) is 1.54. The fraction of sp³-hybridized carbons (Fsp3) is 0.333. The van der Waals surface area contributed by atoms with Gasteiger partial charge in [-0.15, -0.1) is 0 Å². The average Bonchev–Trinajstić information content (AvgIpc) is 2.78. The molecule has 0 amide bonds. The lowest BCUT2D eigenvalue weighted by molar-refractivity contribution is 0.174. The third-order valence-corrected chi connectivity index (χ3v) is 2.78. The van der Waals surface area contributed by atoms with Crippen LogP contribution in [0.1, 0.15) is 13.3 Å². The zero-order chi connectivity index (χ0) is 11.8. The van der Waals surface area contributed by atoms with Gasteiger partial charge in [-0.25, -0.2) is 0 Å². The zero-order valence-corrected chi connectivity index (χ0v) is 9.47. The van der Waals surface area contributed by atoms with Crippen LogP contribution in [0.2, 0.25) is 0 Å². The molecule has 17 heavy (non-hydrogen) atoms. The second-order valence-corrected chi connectivity index (χ2v) is 3.95. The standard InChI is InChI=1S/C12H12N2O3/c1-2-3-14-9-5-12-11(16-7-17-12)4-8(9)10(15)6-13-14/h4-6H,2-3,7H2,1H3. The molecule has 0 saturated carbocycles. The lowest BCUT2D eigenvalue weighted by atomic mass is 10.2. The average molecular weight is 232 g/mol. The van der Waals surface area contributed by atoms with Crippen molar-refractivity contribution in [2.24, 2.45) is 0 Å². The molecule has 1 aliphatic rings. The van der Waals surface area contributed by atoms with Gasteiger partial charge < -0.3 is 9.47 Å². The van der Waals surface area contributed by atoms with E-state index in [1.165, 1.54) is 6.20 Å². The zero-order valence-electron chi connectivity index (χ0n) is 9.47. The summed E-state index contributed by atoms with van der Waals surface area (Å²) in [5.41, 5.74) is 0.703. The fourth-order valence-electron chi connectivity index (χ4n) is 1.99. The number of rotatable bonds is 2. The molecule has 2 aromatic rings. The van der Waals surface area contributed by atoms with E-state index in [9.17, 15) is 4.79 Å². The Labute approximate surface area is 97.6 Å². The molecule has 0 N–H and O–H groups in total. The van der Waals surface area contributed by atoms with Crippen molar-refractivity contribution in [3.63, 3.8) is 0 Å². The molecule has 0 aliphatic carbocycles. The Morgan fingerprint density at radius 1 is 1.35 bits per heavy atom. The Hall–Kier alpha value is -2.04. The molecule has 2 heterocycles. The molecule has 0 atom stereocenters.